The molecule has 2 N–H and O–H groups in total. The van der Waals surface area contributed by atoms with E-state index < -0.39 is 5.54 Å². The first-order valence-corrected chi connectivity index (χ1v) is 5.77. The lowest BCUT2D eigenvalue weighted by Gasteiger charge is -2.19. The maximum absolute atomic E-state index is 11.3. The summed E-state index contributed by atoms with van der Waals surface area (Å²) in [5.41, 5.74) is 0.0497. The second-order valence-electron chi connectivity index (χ2n) is 4.74. The van der Waals surface area contributed by atoms with Gasteiger partial charge in [-0.05, 0) is 32.9 Å². The van der Waals surface area contributed by atoms with Crippen molar-refractivity contribution in [1.29, 1.82) is 5.41 Å². The molecule has 0 aromatic heterocycles. The van der Waals surface area contributed by atoms with Gasteiger partial charge in [0.15, 0.2) is 5.78 Å². The van der Waals surface area contributed by atoms with Crippen LogP contribution in [-0.2, 0) is 9.53 Å². The molecule has 6 heteroatoms. The SMILES string of the molecule is CC(=O)/C(C=N)=C1\C=CC(OCC(C)(C)N=O)=CN1. The fourth-order valence-corrected chi connectivity index (χ4v) is 1.32. The Morgan fingerprint density at radius 3 is 2.63 bits per heavy atom. The fourth-order valence-electron chi connectivity index (χ4n) is 1.32. The minimum atomic E-state index is -0.787. The predicted molar refractivity (Wildman–Crippen MR) is 72.7 cm³/mol. The highest BCUT2D eigenvalue weighted by molar-refractivity contribution is 6.12. The molecular formula is C13H17N3O3. The van der Waals surface area contributed by atoms with E-state index in [-0.39, 0.29) is 12.4 Å². The van der Waals surface area contributed by atoms with E-state index >= 15 is 0 Å². The van der Waals surface area contributed by atoms with Crippen LogP contribution < -0.4 is 5.32 Å². The Hall–Kier alpha value is -2.24. The Balaban J connectivity index is 2.70. The van der Waals surface area contributed by atoms with Gasteiger partial charge in [-0.25, -0.2) is 0 Å². The Labute approximate surface area is 111 Å². The van der Waals surface area contributed by atoms with E-state index in [9.17, 15) is 9.70 Å². The summed E-state index contributed by atoms with van der Waals surface area (Å²) in [6.45, 7) is 4.91. The molecule has 0 aliphatic carbocycles. The van der Waals surface area contributed by atoms with Gasteiger partial charge in [0.2, 0.25) is 0 Å². The van der Waals surface area contributed by atoms with Crippen LogP contribution in [0.5, 0.6) is 0 Å². The Morgan fingerprint density at radius 2 is 2.21 bits per heavy atom. The Morgan fingerprint density at radius 1 is 1.53 bits per heavy atom. The zero-order valence-corrected chi connectivity index (χ0v) is 11.2. The lowest BCUT2D eigenvalue weighted by atomic mass is 10.1. The average molecular weight is 263 g/mol. The van der Waals surface area contributed by atoms with Crippen molar-refractivity contribution in [2.24, 2.45) is 5.18 Å². The van der Waals surface area contributed by atoms with E-state index in [0.717, 1.165) is 6.21 Å². The summed E-state index contributed by atoms with van der Waals surface area (Å²) in [5.74, 6) is 0.347. The molecule has 0 radical (unpaired) electrons. The molecule has 0 bridgehead atoms. The topological polar surface area (TPSA) is 91.6 Å². The number of rotatable bonds is 6. The maximum atomic E-state index is 11.3. The summed E-state index contributed by atoms with van der Waals surface area (Å²) >= 11 is 0. The lowest BCUT2D eigenvalue weighted by Crippen LogP contribution is -2.24. The normalized spacial score (nSPS) is 17.1. The standard InChI is InChI=1S/C13H17N3O3/c1-9(17)11(6-14)12-5-4-10(7-15-12)19-8-13(2,3)16-18/h4-7,14-15H,8H2,1-3H3/b12-11+,14-6?. The number of carbonyl (C=O) groups excluding carboxylic acids is 1. The molecule has 0 amide bonds. The summed E-state index contributed by atoms with van der Waals surface area (Å²) in [7, 11) is 0. The van der Waals surface area contributed by atoms with Crippen molar-refractivity contribution in [2.45, 2.75) is 26.3 Å². The molecular weight excluding hydrogens is 246 g/mol. The summed E-state index contributed by atoms with van der Waals surface area (Å²) in [6.07, 6.45) is 5.90. The van der Waals surface area contributed by atoms with E-state index in [4.69, 9.17) is 10.1 Å². The molecule has 0 saturated carbocycles. The van der Waals surface area contributed by atoms with Crippen LogP contribution in [0.3, 0.4) is 0 Å². The number of dihydropyridines is 1. The van der Waals surface area contributed by atoms with Crippen LogP contribution >= 0.6 is 0 Å². The monoisotopic (exact) mass is 263 g/mol. The molecule has 0 spiro atoms. The highest BCUT2D eigenvalue weighted by Gasteiger charge is 2.20. The van der Waals surface area contributed by atoms with Crippen LogP contribution in [-0.4, -0.2) is 24.1 Å². The van der Waals surface area contributed by atoms with Crippen LogP contribution in [0, 0.1) is 10.3 Å². The number of Topliss-reactive ketones (excluding diaryl/α,β-unsaturated/α-hetero) is 1. The second kappa shape index (κ2) is 6.08. The number of nitroso groups, excluding NO2 is 1. The van der Waals surface area contributed by atoms with E-state index in [1.807, 2.05) is 0 Å². The quantitative estimate of drug-likeness (QED) is 0.436. The highest BCUT2D eigenvalue weighted by Crippen LogP contribution is 2.15. The number of hydrogen-bond acceptors (Lipinski definition) is 6. The predicted octanol–water partition coefficient (Wildman–Crippen LogP) is 2.04. The minimum absolute atomic E-state index is 0.164. The lowest BCUT2D eigenvalue weighted by molar-refractivity contribution is -0.113. The molecule has 0 aromatic rings. The number of nitrogens with one attached hydrogen (secondary N) is 2. The van der Waals surface area contributed by atoms with Gasteiger partial charge in [-0.3, -0.25) is 4.79 Å². The Kier molecular flexibility index (Phi) is 4.74. The first-order valence-electron chi connectivity index (χ1n) is 5.77. The highest BCUT2D eigenvalue weighted by atomic mass is 16.5. The van der Waals surface area contributed by atoms with Crippen molar-refractivity contribution < 1.29 is 9.53 Å². The summed E-state index contributed by atoms with van der Waals surface area (Å²) in [6, 6.07) is 0. The van der Waals surface area contributed by atoms with Gasteiger partial charge in [0.1, 0.15) is 17.9 Å². The van der Waals surface area contributed by atoms with Crippen molar-refractivity contribution in [1.82, 2.24) is 5.32 Å². The van der Waals surface area contributed by atoms with Gasteiger partial charge in [-0.1, -0.05) is 5.18 Å². The van der Waals surface area contributed by atoms with Crippen molar-refractivity contribution in [3.8, 4) is 0 Å². The zero-order chi connectivity index (χ0) is 14.5. The molecule has 0 saturated heterocycles. The molecule has 1 heterocycles. The maximum Gasteiger partial charge on any atom is 0.163 e. The largest absolute Gasteiger partial charge is 0.489 e. The summed E-state index contributed by atoms with van der Waals surface area (Å²) < 4.78 is 5.41. The van der Waals surface area contributed by atoms with E-state index in [1.165, 1.54) is 6.92 Å². The van der Waals surface area contributed by atoms with E-state index in [1.54, 1.807) is 32.2 Å². The molecule has 0 unspecified atom stereocenters. The first-order chi connectivity index (χ1) is 8.89. The van der Waals surface area contributed by atoms with Crippen molar-refractivity contribution >= 4 is 12.0 Å². The third-order valence-corrected chi connectivity index (χ3v) is 2.44. The van der Waals surface area contributed by atoms with Gasteiger partial charge in [0.05, 0.1) is 11.3 Å². The van der Waals surface area contributed by atoms with Crippen LogP contribution in [0.15, 0.2) is 40.6 Å². The van der Waals surface area contributed by atoms with Crippen LogP contribution in [0.4, 0.5) is 0 Å². The van der Waals surface area contributed by atoms with Crippen molar-refractivity contribution in [3.63, 3.8) is 0 Å². The Bertz CT molecular complexity index is 487. The molecule has 0 fully saturated rings. The molecule has 1 rings (SSSR count). The molecule has 102 valence electrons. The van der Waals surface area contributed by atoms with Crippen molar-refractivity contribution in [3.05, 3.63) is 40.3 Å². The van der Waals surface area contributed by atoms with Crippen LogP contribution in [0.2, 0.25) is 0 Å². The summed E-state index contributed by atoms with van der Waals surface area (Å²) in [4.78, 5) is 21.8. The third kappa shape index (κ3) is 4.17. The van der Waals surface area contributed by atoms with E-state index in [0.29, 0.717) is 17.0 Å². The number of nitrogens with zero attached hydrogens (tertiary/aromatic N) is 1. The number of ketones is 1. The van der Waals surface area contributed by atoms with Crippen LogP contribution in [0.1, 0.15) is 20.8 Å². The number of allylic oxidation sites excluding steroid dienone is 3. The van der Waals surface area contributed by atoms with Gasteiger partial charge >= 0.3 is 0 Å². The fraction of sp³-hybridized carbons (Fsp3) is 0.385. The van der Waals surface area contributed by atoms with E-state index in [2.05, 4.69) is 10.5 Å². The number of hydrogen-bond donors (Lipinski definition) is 2. The summed E-state index contributed by atoms with van der Waals surface area (Å²) in [5, 5.41) is 13.0. The smallest absolute Gasteiger partial charge is 0.163 e. The molecule has 0 aromatic carbocycles. The molecule has 1 aliphatic heterocycles. The molecule has 19 heavy (non-hydrogen) atoms. The molecule has 6 nitrogen and oxygen atoms in total. The molecule has 0 atom stereocenters. The van der Waals surface area contributed by atoms with Gasteiger partial charge in [-0.15, -0.1) is 0 Å². The second-order valence-corrected chi connectivity index (χ2v) is 4.74. The minimum Gasteiger partial charge on any atom is -0.489 e. The van der Waals surface area contributed by atoms with Gasteiger partial charge in [0.25, 0.3) is 0 Å². The van der Waals surface area contributed by atoms with Crippen molar-refractivity contribution in [2.75, 3.05) is 6.61 Å². The van der Waals surface area contributed by atoms with Gasteiger partial charge < -0.3 is 15.5 Å². The average Bonchev–Trinajstić information content (AvgIpc) is 2.38. The van der Waals surface area contributed by atoms with Gasteiger partial charge in [0, 0.05) is 12.4 Å². The first kappa shape index (κ1) is 14.8. The molecule has 1 aliphatic rings. The van der Waals surface area contributed by atoms with Crippen LogP contribution in [0.25, 0.3) is 0 Å². The number of ether oxygens (including phenoxy) is 1. The van der Waals surface area contributed by atoms with Gasteiger partial charge in [-0.2, -0.15) is 4.91 Å². The number of carbonyl (C=O) groups is 1. The third-order valence-electron chi connectivity index (χ3n) is 2.44. The zero-order valence-electron chi connectivity index (χ0n) is 11.2.